The second-order valence-corrected chi connectivity index (χ2v) is 6.35. The van der Waals surface area contributed by atoms with E-state index in [0.717, 1.165) is 6.42 Å². The average Bonchev–Trinajstić information content (AvgIpc) is 3.18. The van der Waals surface area contributed by atoms with Crippen molar-refractivity contribution in [3.63, 3.8) is 0 Å². The Morgan fingerprint density at radius 1 is 1.19 bits per heavy atom. The molecule has 1 aromatic rings. The molecule has 1 atom stereocenters. The Morgan fingerprint density at radius 3 is 2.24 bits per heavy atom. The molecule has 2 N–H and O–H groups in total. The van der Waals surface area contributed by atoms with Gasteiger partial charge < -0.3 is 10.6 Å². The topological polar surface area (TPSA) is 58.2 Å². The van der Waals surface area contributed by atoms with Gasteiger partial charge in [0, 0.05) is 21.8 Å². The number of halogens is 2. The third-order valence-corrected chi connectivity index (χ3v) is 4.17. The fraction of sp³-hybridized carbons (Fsp3) is 0.467. The van der Waals surface area contributed by atoms with Gasteiger partial charge in [-0.2, -0.15) is 0 Å². The Bertz CT molecular complexity index is 551. The summed E-state index contributed by atoms with van der Waals surface area (Å²) in [5.74, 6) is -0.510. The molecule has 1 aromatic carbocycles. The van der Waals surface area contributed by atoms with E-state index in [-0.39, 0.29) is 17.9 Å². The molecule has 2 rings (SSSR count). The number of amides is 2. The van der Waals surface area contributed by atoms with E-state index >= 15 is 0 Å². The quantitative estimate of drug-likeness (QED) is 0.811. The lowest BCUT2D eigenvalue weighted by molar-refractivity contribution is -0.134. The molecule has 0 heterocycles. The highest BCUT2D eigenvalue weighted by molar-refractivity contribution is 6.35. The van der Waals surface area contributed by atoms with Gasteiger partial charge in [0.05, 0.1) is 0 Å². The predicted molar refractivity (Wildman–Crippen MR) is 84.7 cm³/mol. The van der Waals surface area contributed by atoms with E-state index in [1.54, 1.807) is 18.2 Å². The van der Waals surface area contributed by atoms with E-state index in [9.17, 15) is 9.59 Å². The third-order valence-electron chi connectivity index (χ3n) is 3.73. The van der Waals surface area contributed by atoms with Crippen molar-refractivity contribution in [1.29, 1.82) is 0 Å². The van der Waals surface area contributed by atoms with Crippen molar-refractivity contribution in [2.75, 3.05) is 5.32 Å². The van der Waals surface area contributed by atoms with Crippen molar-refractivity contribution in [3.8, 4) is 0 Å². The summed E-state index contributed by atoms with van der Waals surface area (Å²) in [4.78, 5) is 24.6. The van der Waals surface area contributed by atoms with Crippen molar-refractivity contribution in [3.05, 3.63) is 28.2 Å². The number of anilines is 1. The summed E-state index contributed by atoms with van der Waals surface area (Å²) in [7, 11) is 0. The summed E-state index contributed by atoms with van der Waals surface area (Å²) >= 11 is 11.8. The zero-order valence-corrected chi connectivity index (χ0v) is 13.5. The van der Waals surface area contributed by atoms with Crippen LogP contribution in [0.1, 0.15) is 33.1 Å². The lowest BCUT2D eigenvalue weighted by Gasteiger charge is -2.18. The molecule has 1 saturated carbocycles. The summed E-state index contributed by atoms with van der Waals surface area (Å²) < 4.78 is 0. The molecule has 6 heteroatoms. The molecule has 21 heavy (non-hydrogen) atoms. The molecule has 0 saturated heterocycles. The molecule has 4 nitrogen and oxygen atoms in total. The zero-order valence-electron chi connectivity index (χ0n) is 12.0. The van der Waals surface area contributed by atoms with E-state index in [4.69, 9.17) is 23.2 Å². The summed E-state index contributed by atoms with van der Waals surface area (Å²) in [6.07, 6.45) is 1.96. The maximum Gasteiger partial charge on any atom is 0.240 e. The van der Waals surface area contributed by atoms with E-state index < -0.39 is 5.41 Å². The molecule has 0 spiro atoms. The second kappa shape index (κ2) is 6.24. The maximum atomic E-state index is 12.4. The number of hydrogen-bond donors (Lipinski definition) is 2. The molecular weight excluding hydrogens is 311 g/mol. The predicted octanol–water partition coefficient (Wildman–Crippen LogP) is 3.63. The molecule has 0 aliphatic heterocycles. The average molecular weight is 329 g/mol. The van der Waals surface area contributed by atoms with Crippen LogP contribution in [0.5, 0.6) is 0 Å². The fourth-order valence-electron chi connectivity index (χ4n) is 2.02. The molecule has 114 valence electrons. The lowest BCUT2D eigenvalue weighted by Crippen LogP contribution is -2.43. The minimum Gasteiger partial charge on any atom is -0.353 e. The van der Waals surface area contributed by atoms with Crippen molar-refractivity contribution in [2.45, 2.75) is 39.2 Å². The van der Waals surface area contributed by atoms with Crippen molar-refractivity contribution in [2.24, 2.45) is 5.41 Å². The Hall–Kier alpha value is -1.26. The van der Waals surface area contributed by atoms with Gasteiger partial charge in [0.1, 0.15) is 5.41 Å². The first-order valence-electron chi connectivity index (χ1n) is 6.96. The van der Waals surface area contributed by atoms with Gasteiger partial charge in [-0.25, -0.2) is 0 Å². The van der Waals surface area contributed by atoms with Crippen LogP contribution in [0, 0.1) is 5.41 Å². The Kier molecular flexibility index (Phi) is 4.79. The SMILES string of the molecule is CCC(C)NC(=O)C1(C(=O)Nc2cc(Cl)cc(Cl)c2)CC1. The smallest absolute Gasteiger partial charge is 0.240 e. The van der Waals surface area contributed by atoms with E-state index in [2.05, 4.69) is 10.6 Å². The second-order valence-electron chi connectivity index (χ2n) is 5.48. The van der Waals surface area contributed by atoms with Gasteiger partial charge in [-0.05, 0) is 44.4 Å². The van der Waals surface area contributed by atoms with Gasteiger partial charge in [-0.15, -0.1) is 0 Å². The van der Waals surface area contributed by atoms with E-state index in [0.29, 0.717) is 28.6 Å². The minimum absolute atomic E-state index is 0.0587. The number of carbonyl (C=O) groups excluding carboxylic acids is 2. The normalized spacial score (nSPS) is 17.0. The summed E-state index contributed by atoms with van der Waals surface area (Å²) in [6.45, 7) is 3.90. The van der Waals surface area contributed by atoms with Crippen LogP contribution in [-0.2, 0) is 9.59 Å². The van der Waals surface area contributed by atoms with Crippen LogP contribution >= 0.6 is 23.2 Å². The monoisotopic (exact) mass is 328 g/mol. The van der Waals surface area contributed by atoms with Gasteiger partial charge in [0.25, 0.3) is 0 Å². The molecule has 1 aliphatic rings. The maximum absolute atomic E-state index is 12.4. The van der Waals surface area contributed by atoms with Gasteiger partial charge >= 0.3 is 0 Å². The van der Waals surface area contributed by atoms with Crippen molar-refractivity contribution >= 4 is 40.7 Å². The molecular formula is C15H18Cl2N2O2. The Labute approximate surface area is 134 Å². The van der Waals surface area contributed by atoms with Crippen LogP contribution in [0.4, 0.5) is 5.69 Å². The summed E-state index contributed by atoms with van der Waals surface area (Å²) in [5.41, 5.74) is -0.446. The highest BCUT2D eigenvalue weighted by Gasteiger charge is 2.56. The number of nitrogens with one attached hydrogen (secondary N) is 2. The standard InChI is InChI=1S/C15H18Cl2N2O2/c1-3-9(2)18-13(20)15(4-5-15)14(21)19-12-7-10(16)6-11(17)8-12/h6-9H,3-5H2,1-2H3,(H,18,20)(H,19,21). The number of rotatable bonds is 5. The minimum atomic E-state index is -0.946. The van der Waals surface area contributed by atoms with Crippen LogP contribution in [0.2, 0.25) is 10.0 Å². The highest BCUT2D eigenvalue weighted by Crippen LogP contribution is 2.47. The molecule has 1 fully saturated rings. The van der Waals surface area contributed by atoms with Crippen LogP contribution in [0.15, 0.2) is 18.2 Å². The Morgan fingerprint density at radius 2 is 1.76 bits per heavy atom. The largest absolute Gasteiger partial charge is 0.353 e. The Balaban J connectivity index is 2.07. The fourth-order valence-corrected chi connectivity index (χ4v) is 2.55. The third kappa shape index (κ3) is 3.69. The van der Waals surface area contributed by atoms with Crippen LogP contribution in [0.3, 0.4) is 0 Å². The van der Waals surface area contributed by atoms with Gasteiger partial charge in [-0.1, -0.05) is 30.1 Å². The van der Waals surface area contributed by atoms with Crippen molar-refractivity contribution < 1.29 is 9.59 Å². The van der Waals surface area contributed by atoms with Crippen LogP contribution in [0.25, 0.3) is 0 Å². The summed E-state index contributed by atoms with van der Waals surface area (Å²) in [5, 5.41) is 6.47. The van der Waals surface area contributed by atoms with E-state index in [1.165, 1.54) is 0 Å². The van der Waals surface area contributed by atoms with Gasteiger partial charge in [0.15, 0.2) is 0 Å². The molecule has 0 bridgehead atoms. The van der Waals surface area contributed by atoms with Crippen LogP contribution < -0.4 is 10.6 Å². The molecule has 2 amide bonds. The number of carbonyl (C=O) groups is 2. The molecule has 1 aliphatic carbocycles. The molecule has 0 radical (unpaired) electrons. The number of hydrogen-bond acceptors (Lipinski definition) is 2. The van der Waals surface area contributed by atoms with Gasteiger partial charge in [-0.3, -0.25) is 9.59 Å². The van der Waals surface area contributed by atoms with Crippen molar-refractivity contribution in [1.82, 2.24) is 5.32 Å². The molecule has 1 unspecified atom stereocenters. The zero-order chi connectivity index (χ0) is 15.6. The van der Waals surface area contributed by atoms with Crippen LogP contribution in [-0.4, -0.2) is 17.9 Å². The first-order chi connectivity index (χ1) is 9.87. The highest BCUT2D eigenvalue weighted by atomic mass is 35.5. The van der Waals surface area contributed by atoms with E-state index in [1.807, 2.05) is 13.8 Å². The first kappa shape index (κ1) is 16.1. The summed E-state index contributed by atoms with van der Waals surface area (Å²) in [6, 6.07) is 4.85. The van der Waals surface area contributed by atoms with Gasteiger partial charge in [0.2, 0.25) is 11.8 Å². The lowest BCUT2D eigenvalue weighted by atomic mass is 10.0. The first-order valence-corrected chi connectivity index (χ1v) is 7.71. The number of benzene rings is 1. The molecule has 0 aromatic heterocycles.